The van der Waals surface area contributed by atoms with Crippen LogP contribution in [0.1, 0.15) is 0 Å². The molecule has 3 aromatic carbocycles. The van der Waals surface area contributed by atoms with Crippen molar-refractivity contribution in [2.45, 2.75) is 4.79 Å². The van der Waals surface area contributed by atoms with Crippen molar-refractivity contribution < 1.29 is 28.4 Å². The minimum atomic E-state index is 0.281. The number of hydrogen-bond donors (Lipinski definition) is 0. The maximum absolute atomic E-state index is 5.73. The molecular weight excluding hydrogens is 481 g/mol. The lowest BCUT2D eigenvalue weighted by molar-refractivity contribution is 0.357. The number of para-hydroxylation sites is 3. The van der Waals surface area contributed by atoms with E-state index in [0.29, 0.717) is 28.6 Å². The second kappa shape index (κ2) is 12.5. The zero-order valence-electron chi connectivity index (χ0n) is 20.2. The van der Waals surface area contributed by atoms with Crippen molar-refractivity contribution in [2.24, 2.45) is 0 Å². The molecule has 34 heavy (non-hydrogen) atoms. The summed E-state index contributed by atoms with van der Waals surface area (Å²) in [6.45, 7) is 0. The second-order valence-electron chi connectivity index (χ2n) is 6.99. The summed E-state index contributed by atoms with van der Waals surface area (Å²) in [7, 11) is 11.4. The molecule has 6 radical (unpaired) electrons. The van der Waals surface area contributed by atoms with E-state index in [1.54, 1.807) is 42.7 Å². The number of rotatable bonds is 12. The quantitative estimate of drug-likeness (QED) is 0.348. The minimum absolute atomic E-state index is 0.281. The SMILES string of the molecule is COc1cccc([Si]C([Si]c2cccc(OC)c2OC)[Si]c2cccc(OC)c2OC)c1OC. The Labute approximate surface area is 209 Å². The Bertz CT molecular complexity index is 956. The molecule has 0 aliphatic carbocycles. The number of ether oxygens (including phenoxy) is 6. The van der Waals surface area contributed by atoms with Gasteiger partial charge in [-0.05, 0) is 33.8 Å². The third-order valence-electron chi connectivity index (χ3n) is 5.11. The predicted molar refractivity (Wildman–Crippen MR) is 139 cm³/mol. The summed E-state index contributed by atoms with van der Waals surface area (Å²) in [4.78, 5) is 0.281. The Hall–Kier alpha value is -2.89. The molecule has 0 aromatic heterocycles. The first-order valence-electron chi connectivity index (χ1n) is 10.5. The molecule has 6 nitrogen and oxygen atoms in total. The van der Waals surface area contributed by atoms with Crippen molar-refractivity contribution >= 4 is 44.1 Å². The van der Waals surface area contributed by atoms with Gasteiger partial charge in [-0.2, -0.15) is 0 Å². The monoisotopic (exact) mass is 508 g/mol. The van der Waals surface area contributed by atoms with Crippen LogP contribution in [0.2, 0.25) is 4.79 Å². The summed E-state index contributed by atoms with van der Waals surface area (Å²) < 4.78 is 33.8. The largest absolute Gasteiger partial charge is 0.493 e. The number of methoxy groups -OCH3 is 6. The van der Waals surface area contributed by atoms with Crippen LogP contribution in [0.5, 0.6) is 34.5 Å². The summed E-state index contributed by atoms with van der Waals surface area (Å²) in [5.41, 5.74) is 0. The normalized spacial score (nSPS) is 10.7. The second-order valence-corrected chi connectivity index (χ2v) is 12.9. The average Bonchev–Trinajstić information content (AvgIpc) is 2.87. The Morgan fingerprint density at radius 3 is 0.971 bits per heavy atom. The fourth-order valence-electron chi connectivity index (χ4n) is 3.58. The van der Waals surface area contributed by atoms with Crippen LogP contribution < -0.4 is 44.0 Å². The molecule has 0 bridgehead atoms. The van der Waals surface area contributed by atoms with Gasteiger partial charge in [0.1, 0.15) is 0 Å². The summed E-state index contributed by atoms with van der Waals surface area (Å²) in [5, 5.41) is 3.36. The molecule has 0 aliphatic rings. The smallest absolute Gasteiger partial charge is 0.160 e. The Balaban J connectivity index is 2.03. The highest BCUT2D eigenvalue weighted by Crippen LogP contribution is 2.27. The summed E-state index contributed by atoms with van der Waals surface area (Å²) in [6.07, 6.45) is 0. The van der Waals surface area contributed by atoms with E-state index >= 15 is 0 Å². The highest BCUT2D eigenvalue weighted by atomic mass is 28.3. The van der Waals surface area contributed by atoms with Crippen molar-refractivity contribution in [3.8, 4) is 34.5 Å². The third-order valence-corrected chi connectivity index (χ3v) is 10.7. The van der Waals surface area contributed by atoms with Gasteiger partial charge in [0, 0.05) is 0 Å². The molecule has 0 N–H and O–H groups in total. The van der Waals surface area contributed by atoms with Crippen molar-refractivity contribution in [1.82, 2.24) is 0 Å². The van der Waals surface area contributed by atoms with Crippen molar-refractivity contribution in [3.63, 3.8) is 0 Å². The van der Waals surface area contributed by atoms with E-state index in [-0.39, 0.29) is 4.79 Å². The first-order valence-corrected chi connectivity index (χ1v) is 13.8. The van der Waals surface area contributed by atoms with Gasteiger partial charge in [0.2, 0.25) is 0 Å². The van der Waals surface area contributed by atoms with Gasteiger partial charge in [-0.15, -0.1) is 0 Å². The molecule has 0 atom stereocenters. The zero-order chi connectivity index (χ0) is 24.5. The highest BCUT2D eigenvalue weighted by Gasteiger charge is 2.24. The van der Waals surface area contributed by atoms with Crippen molar-refractivity contribution in [3.05, 3.63) is 54.6 Å². The predicted octanol–water partition coefficient (Wildman–Crippen LogP) is 1.83. The molecule has 0 amide bonds. The Morgan fingerprint density at radius 1 is 0.441 bits per heavy atom. The van der Waals surface area contributed by atoms with Crippen LogP contribution in [0.4, 0.5) is 0 Å². The van der Waals surface area contributed by atoms with E-state index in [2.05, 4.69) is 18.2 Å². The molecule has 0 unspecified atom stereocenters. The van der Waals surface area contributed by atoms with Crippen LogP contribution in [0.25, 0.3) is 0 Å². The maximum Gasteiger partial charge on any atom is 0.160 e. The van der Waals surface area contributed by atoms with Crippen LogP contribution in [0.3, 0.4) is 0 Å². The van der Waals surface area contributed by atoms with Crippen LogP contribution in [-0.2, 0) is 0 Å². The minimum Gasteiger partial charge on any atom is -0.493 e. The van der Waals surface area contributed by atoms with Gasteiger partial charge in [0.15, 0.2) is 34.5 Å². The third kappa shape index (κ3) is 5.78. The van der Waals surface area contributed by atoms with Gasteiger partial charge in [-0.1, -0.05) is 41.2 Å². The van der Waals surface area contributed by atoms with Crippen molar-refractivity contribution in [1.29, 1.82) is 0 Å². The molecule has 9 heteroatoms. The molecule has 0 heterocycles. The summed E-state index contributed by atoms with van der Waals surface area (Å²) >= 11 is 0. The molecule has 0 spiro atoms. The van der Waals surface area contributed by atoms with Gasteiger partial charge in [0.25, 0.3) is 0 Å². The molecule has 0 aliphatic heterocycles. The van der Waals surface area contributed by atoms with Gasteiger partial charge < -0.3 is 28.4 Å². The molecule has 0 fully saturated rings. The Morgan fingerprint density at radius 2 is 0.735 bits per heavy atom. The highest BCUT2D eigenvalue weighted by molar-refractivity contribution is 6.89. The van der Waals surface area contributed by atoms with Crippen LogP contribution in [-0.4, -0.2) is 71.2 Å². The fraction of sp³-hybridized carbons (Fsp3) is 0.280. The van der Waals surface area contributed by atoms with E-state index in [1.165, 1.54) is 0 Å². The first kappa shape index (κ1) is 25.7. The molecular formula is C25H28O6Si3. The average molecular weight is 509 g/mol. The number of benzene rings is 3. The molecule has 3 rings (SSSR count). The van der Waals surface area contributed by atoms with E-state index in [9.17, 15) is 0 Å². The van der Waals surface area contributed by atoms with Gasteiger partial charge in [-0.25, -0.2) is 0 Å². The van der Waals surface area contributed by atoms with Gasteiger partial charge >= 0.3 is 0 Å². The lowest BCUT2D eigenvalue weighted by Gasteiger charge is -2.21. The fourth-order valence-corrected chi connectivity index (χ4v) is 9.82. The van der Waals surface area contributed by atoms with Gasteiger partial charge in [0.05, 0.1) is 71.2 Å². The molecule has 3 aromatic rings. The van der Waals surface area contributed by atoms with Crippen molar-refractivity contribution in [2.75, 3.05) is 42.7 Å². The summed E-state index contributed by atoms with van der Waals surface area (Å²) in [5.74, 6) is 4.52. The van der Waals surface area contributed by atoms with Crippen LogP contribution >= 0.6 is 0 Å². The van der Waals surface area contributed by atoms with E-state index in [0.717, 1.165) is 50.1 Å². The first-order chi connectivity index (χ1) is 16.6. The van der Waals surface area contributed by atoms with Gasteiger partial charge in [-0.3, -0.25) is 0 Å². The van der Waals surface area contributed by atoms with E-state index < -0.39 is 0 Å². The summed E-state index contributed by atoms with van der Waals surface area (Å²) in [6, 6.07) is 18.1. The van der Waals surface area contributed by atoms with Crippen LogP contribution in [0.15, 0.2) is 54.6 Å². The van der Waals surface area contributed by atoms with E-state index in [1.807, 2.05) is 36.4 Å². The Kier molecular flexibility index (Phi) is 9.49. The van der Waals surface area contributed by atoms with E-state index in [4.69, 9.17) is 28.4 Å². The zero-order valence-corrected chi connectivity index (χ0v) is 23.2. The number of hydrogen-bond acceptors (Lipinski definition) is 6. The maximum atomic E-state index is 5.73. The standard InChI is InChI=1S/C25H28O6Si3/c1-26-16-10-7-13-19(22(16)29-4)32-25(33-20-14-8-11-17(27-2)23(20)30-5)34-21-15-9-12-18(28-3)24(21)31-6/h7-15,25H,1-6H3. The lowest BCUT2D eigenvalue weighted by atomic mass is 10.3. The molecule has 0 saturated carbocycles. The molecule has 0 saturated heterocycles. The van der Waals surface area contributed by atoms with Crippen LogP contribution in [0, 0.1) is 0 Å². The molecule has 176 valence electrons. The topological polar surface area (TPSA) is 55.4 Å². The lowest BCUT2D eigenvalue weighted by Crippen LogP contribution is -2.38.